The van der Waals surface area contributed by atoms with Crippen LogP contribution >= 0.6 is 0 Å². The second-order valence-corrected chi connectivity index (χ2v) is 9.25. The predicted molar refractivity (Wildman–Crippen MR) is 119 cm³/mol. The SMILES string of the molecule is C[C@@H](NC(=O)c1cnc(-c2cccc(-c3cc(C(=O)NC4(C)CCC4)[nH]n3)c2)o1)C1CC1. The van der Waals surface area contributed by atoms with Crippen molar-refractivity contribution in [2.75, 3.05) is 0 Å². The summed E-state index contributed by atoms with van der Waals surface area (Å²) < 4.78 is 5.72. The average Bonchev–Trinajstić information content (AvgIpc) is 3.29. The maximum Gasteiger partial charge on any atom is 0.288 e. The van der Waals surface area contributed by atoms with Crippen LogP contribution in [-0.4, -0.2) is 38.6 Å². The lowest BCUT2D eigenvalue weighted by atomic mass is 9.78. The van der Waals surface area contributed by atoms with E-state index in [2.05, 4.69) is 32.7 Å². The lowest BCUT2D eigenvalue weighted by Crippen LogP contribution is -2.51. The van der Waals surface area contributed by atoms with Crippen molar-refractivity contribution in [3.8, 4) is 22.7 Å². The number of aromatic amines is 1. The second kappa shape index (κ2) is 7.93. The zero-order valence-electron chi connectivity index (χ0n) is 18.3. The molecule has 0 radical (unpaired) electrons. The van der Waals surface area contributed by atoms with E-state index in [4.69, 9.17) is 4.42 Å². The Kier molecular flexibility index (Phi) is 5.07. The number of amides is 2. The minimum Gasteiger partial charge on any atom is -0.431 e. The summed E-state index contributed by atoms with van der Waals surface area (Å²) in [4.78, 5) is 29.2. The summed E-state index contributed by atoms with van der Waals surface area (Å²) in [6.07, 6.45) is 6.91. The van der Waals surface area contributed by atoms with Crippen molar-refractivity contribution in [3.05, 3.63) is 48.0 Å². The Labute approximate surface area is 186 Å². The van der Waals surface area contributed by atoms with Crippen LogP contribution < -0.4 is 10.6 Å². The Morgan fingerprint density at radius 2 is 1.97 bits per heavy atom. The van der Waals surface area contributed by atoms with Crippen LogP contribution in [0, 0.1) is 5.92 Å². The third-order valence-electron chi connectivity index (χ3n) is 6.52. The molecule has 3 aromatic rings. The fourth-order valence-corrected chi connectivity index (χ4v) is 4.08. The predicted octanol–water partition coefficient (Wildman–Crippen LogP) is 3.93. The highest BCUT2D eigenvalue weighted by atomic mass is 16.4. The number of aromatic nitrogens is 3. The smallest absolute Gasteiger partial charge is 0.288 e. The normalized spacial score (nSPS) is 17.9. The molecule has 32 heavy (non-hydrogen) atoms. The van der Waals surface area contributed by atoms with Crippen LogP contribution in [0.3, 0.4) is 0 Å². The first kappa shape index (κ1) is 20.5. The van der Waals surface area contributed by atoms with Crippen LogP contribution in [0.25, 0.3) is 22.7 Å². The first-order valence-corrected chi connectivity index (χ1v) is 11.2. The summed E-state index contributed by atoms with van der Waals surface area (Å²) in [6, 6.07) is 9.39. The van der Waals surface area contributed by atoms with Gasteiger partial charge in [-0.15, -0.1) is 0 Å². The van der Waals surface area contributed by atoms with Crippen molar-refractivity contribution in [3.63, 3.8) is 0 Å². The van der Waals surface area contributed by atoms with Crippen LogP contribution in [0.2, 0.25) is 0 Å². The molecule has 3 N–H and O–H groups in total. The number of hydrogen-bond acceptors (Lipinski definition) is 5. The van der Waals surface area contributed by atoms with Gasteiger partial charge in [0.05, 0.1) is 11.9 Å². The second-order valence-electron chi connectivity index (χ2n) is 9.25. The van der Waals surface area contributed by atoms with E-state index in [1.807, 2.05) is 31.2 Å². The van der Waals surface area contributed by atoms with Crippen LogP contribution in [0.1, 0.15) is 67.0 Å². The topological polar surface area (TPSA) is 113 Å². The standard InChI is InChI=1S/C24H27N5O3/c1-14(15-7-8-15)26-22(31)20-13-25-23(32-20)17-6-3-5-16(11-17)18-12-19(29-28-18)21(30)27-24(2)9-4-10-24/h3,5-6,11-15H,4,7-10H2,1-2H3,(H,26,31)(H,27,30)(H,28,29)/t14-/m1/s1. The Hall–Kier alpha value is -3.42. The number of rotatable bonds is 7. The molecule has 2 amide bonds. The molecule has 1 aromatic carbocycles. The monoisotopic (exact) mass is 433 g/mol. The fourth-order valence-electron chi connectivity index (χ4n) is 4.08. The van der Waals surface area contributed by atoms with Gasteiger partial charge in [0.25, 0.3) is 11.8 Å². The minimum atomic E-state index is -0.248. The van der Waals surface area contributed by atoms with Gasteiger partial charge in [0.15, 0.2) is 0 Å². The van der Waals surface area contributed by atoms with E-state index in [1.54, 1.807) is 6.07 Å². The van der Waals surface area contributed by atoms with Crippen molar-refractivity contribution in [1.82, 2.24) is 25.8 Å². The molecule has 0 unspecified atom stereocenters. The fraction of sp³-hybridized carbons (Fsp3) is 0.417. The van der Waals surface area contributed by atoms with E-state index in [9.17, 15) is 9.59 Å². The van der Waals surface area contributed by atoms with E-state index in [1.165, 1.54) is 6.20 Å². The van der Waals surface area contributed by atoms with Gasteiger partial charge in [0.1, 0.15) is 5.69 Å². The molecule has 0 aliphatic heterocycles. The van der Waals surface area contributed by atoms with Gasteiger partial charge in [-0.1, -0.05) is 12.1 Å². The Morgan fingerprint density at radius 1 is 1.19 bits per heavy atom. The van der Waals surface area contributed by atoms with Crippen LogP contribution in [0.4, 0.5) is 0 Å². The van der Waals surface area contributed by atoms with Gasteiger partial charge in [0, 0.05) is 22.7 Å². The van der Waals surface area contributed by atoms with Crippen LogP contribution in [0.5, 0.6) is 0 Å². The number of nitrogens with one attached hydrogen (secondary N) is 3. The van der Waals surface area contributed by atoms with Gasteiger partial charge in [0.2, 0.25) is 11.7 Å². The molecule has 1 atom stereocenters. The summed E-state index contributed by atoms with van der Waals surface area (Å²) in [5.41, 5.74) is 2.51. The maximum atomic E-state index is 12.5. The summed E-state index contributed by atoms with van der Waals surface area (Å²) >= 11 is 0. The molecular formula is C24H27N5O3. The molecule has 0 bridgehead atoms. The van der Waals surface area contributed by atoms with Gasteiger partial charge >= 0.3 is 0 Å². The van der Waals surface area contributed by atoms with Gasteiger partial charge in [-0.25, -0.2) is 4.98 Å². The summed E-state index contributed by atoms with van der Waals surface area (Å²) in [5, 5.41) is 13.2. The Balaban J connectivity index is 1.30. The van der Waals surface area contributed by atoms with E-state index >= 15 is 0 Å². The molecule has 0 saturated heterocycles. The molecule has 2 aliphatic carbocycles. The lowest BCUT2D eigenvalue weighted by Gasteiger charge is -2.38. The highest BCUT2D eigenvalue weighted by Gasteiger charge is 2.34. The van der Waals surface area contributed by atoms with Crippen molar-refractivity contribution >= 4 is 11.8 Å². The molecule has 2 aromatic heterocycles. The molecule has 5 rings (SSSR count). The van der Waals surface area contributed by atoms with E-state index in [0.29, 0.717) is 23.2 Å². The highest BCUT2D eigenvalue weighted by Crippen LogP contribution is 2.33. The largest absolute Gasteiger partial charge is 0.431 e. The molecule has 2 aliphatic rings. The number of carbonyl (C=O) groups excluding carboxylic acids is 2. The molecule has 8 heteroatoms. The van der Waals surface area contributed by atoms with E-state index in [0.717, 1.165) is 43.2 Å². The summed E-state index contributed by atoms with van der Waals surface area (Å²) in [5.74, 6) is 0.729. The van der Waals surface area contributed by atoms with Crippen LogP contribution in [0.15, 0.2) is 40.9 Å². The van der Waals surface area contributed by atoms with Crippen molar-refractivity contribution < 1.29 is 14.0 Å². The molecule has 8 nitrogen and oxygen atoms in total. The molecule has 0 spiro atoms. The maximum absolute atomic E-state index is 12.5. The lowest BCUT2D eigenvalue weighted by molar-refractivity contribution is 0.0844. The quantitative estimate of drug-likeness (QED) is 0.522. The van der Waals surface area contributed by atoms with Gasteiger partial charge in [-0.2, -0.15) is 5.10 Å². The van der Waals surface area contributed by atoms with Crippen LogP contribution in [-0.2, 0) is 0 Å². The number of H-pyrrole nitrogens is 1. The Morgan fingerprint density at radius 3 is 2.69 bits per heavy atom. The van der Waals surface area contributed by atoms with Crippen molar-refractivity contribution in [1.29, 1.82) is 0 Å². The molecule has 2 saturated carbocycles. The third-order valence-corrected chi connectivity index (χ3v) is 6.52. The van der Waals surface area contributed by atoms with Crippen molar-refractivity contribution in [2.45, 2.75) is 57.5 Å². The molecular weight excluding hydrogens is 406 g/mol. The number of oxazole rings is 1. The number of carbonyl (C=O) groups is 2. The summed E-state index contributed by atoms with van der Waals surface area (Å²) in [6.45, 7) is 4.08. The minimum absolute atomic E-state index is 0.117. The Bertz CT molecular complexity index is 1160. The van der Waals surface area contributed by atoms with E-state index in [-0.39, 0.29) is 29.2 Å². The molecule has 166 valence electrons. The molecule has 2 heterocycles. The zero-order chi connectivity index (χ0) is 22.3. The van der Waals surface area contributed by atoms with Crippen molar-refractivity contribution in [2.24, 2.45) is 5.92 Å². The average molecular weight is 434 g/mol. The number of benzene rings is 1. The summed E-state index contributed by atoms with van der Waals surface area (Å²) in [7, 11) is 0. The van der Waals surface area contributed by atoms with E-state index < -0.39 is 0 Å². The first-order chi connectivity index (χ1) is 15.4. The highest BCUT2D eigenvalue weighted by molar-refractivity contribution is 5.94. The zero-order valence-corrected chi connectivity index (χ0v) is 18.3. The van der Waals surface area contributed by atoms with Gasteiger partial charge < -0.3 is 15.1 Å². The van der Waals surface area contributed by atoms with Gasteiger partial charge in [-0.05, 0) is 70.1 Å². The first-order valence-electron chi connectivity index (χ1n) is 11.2. The number of nitrogens with zero attached hydrogens (tertiary/aromatic N) is 2. The number of hydrogen-bond donors (Lipinski definition) is 3. The van der Waals surface area contributed by atoms with Gasteiger partial charge in [-0.3, -0.25) is 14.7 Å². The molecule has 2 fully saturated rings. The third kappa shape index (κ3) is 4.17.